The van der Waals surface area contributed by atoms with Gasteiger partial charge in [0.25, 0.3) is 0 Å². The average molecular weight is 224 g/mol. The number of nitrogens with one attached hydrogen (secondary N) is 1. The third-order valence-corrected chi connectivity index (χ3v) is 3.77. The molecular formula is C12H20N2O2. The monoisotopic (exact) mass is 224 g/mol. The minimum absolute atomic E-state index is 0.0125. The summed E-state index contributed by atoms with van der Waals surface area (Å²) in [6.07, 6.45) is 5.69. The number of likely N-dealkylation sites (tertiary alicyclic amines) is 1. The molecule has 2 unspecified atom stereocenters. The molecule has 1 amide bonds. The molecule has 2 rings (SSSR count). The van der Waals surface area contributed by atoms with Crippen molar-refractivity contribution in [1.82, 2.24) is 10.2 Å². The fraction of sp³-hybridized carbons (Fsp3) is 0.833. The molecule has 1 heterocycles. The van der Waals surface area contributed by atoms with Crippen molar-refractivity contribution in [3.8, 4) is 0 Å². The van der Waals surface area contributed by atoms with Crippen LogP contribution in [0.1, 0.15) is 38.5 Å². The van der Waals surface area contributed by atoms with Crippen LogP contribution in [0.5, 0.6) is 0 Å². The highest BCUT2D eigenvalue weighted by molar-refractivity contribution is 5.87. The molecule has 16 heavy (non-hydrogen) atoms. The SMILES string of the molecule is CNC(=O)C1CCCN1C1CCCCC1=O. The molecule has 4 heteroatoms. The summed E-state index contributed by atoms with van der Waals surface area (Å²) in [6.45, 7) is 0.897. The highest BCUT2D eigenvalue weighted by atomic mass is 16.2. The lowest BCUT2D eigenvalue weighted by molar-refractivity contribution is -0.131. The van der Waals surface area contributed by atoms with Gasteiger partial charge in [0, 0.05) is 13.5 Å². The number of hydrogen-bond donors (Lipinski definition) is 1. The smallest absolute Gasteiger partial charge is 0.237 e. The zero-order valence-electron chi connectivity index (χ0n) is 9.87. The summed E-state index contributed by atoms with van der Waals surface area (Å²) >= 11 is 0. The van der Waals surface area contributed by atoms with Crippen molar-refractivity contribution >= 4 is 11.7 Å². The van der Waals surface area contributed by atoms with E-state index in [9.17, 15) is 9.59 Å². The maximum absolute atomic E-state index is 11.9. The number of Topliss-reactive ketones (excluding diaryl/α,β-unsaturated/α-hetero) is 1. The molecule has 0 aromatic rings. The van der Waals surface area contributed by atoms with Crippen molar-refractivity contribution in [3.63, 3.8) is 0 Å². The van der Waals surface area contributed by atoms with E-state index in [2.05, 4.69) is 10.2 Å². The fourth-order valence-corrected chi connectivity index (χ4v) is 2.93. The van der Waals surface area contributed by atoms with E-state index >= 15 is 0 Å². The second-order valence-corrected chi connectivity index (χ2v) is 4.74. The Morgan fingerprint density at radius 2 is 2.12 bits per heavy atom. The van der Waals surface area contributed by atoms with E-state index in [-0.39, 0.29) is 18.0 Å². The molecule has 0 aromatic heterocycles. The first kappa shape index (κ1) is 11.6. The summed E-state index contributed by atoms with van der Waals surface area (Å²) in [4.78, 5) is 25.7. The van der Waals surface area contributed by atoms with Crippen molar-refractivity contribution in [1.29, 1.82) is 0 Å². The Kier molecular flexibility index (Phi) is 3.59. The first-order valence-electron chi connectivity index (χ1n) is 6.24. The lowest BCUT2D eigenvalue weighted by atomic mass is 9.92. The Morgan fingerprint density at radius 1 is 1.31 bits per heavy atom. The summed E-state index contributed by atoms with van der Waals surface area (Å²) in [6, 6.07) is -0.0596. The van der Waals surface area contributed by atoms with Gasteiger partial charge in [-0.1, -0.05) is 6.42 Å². The Morgan fingerprint density at radius 3 is 2.81 bits per heavy atom. The molecule has 1 aliphatic heterocycles. The van der Waals surface area contributed by atoms with Gasteiger partial charge in [-0.05, 0) is 32.2 Å². The summed E-state index contributed by atoms with van der Waals surface area (Å²) in [5.74, 6) is 0.401. The van der Waals surface area contributed by atoms with E-state index in [1.807, 2.05) is 0 Å². The van der Waals surface area contributed by atoms with Crippen LogP contribution in [-0.4, -0.2) is 42.3 Å². The molecule has 0 radical (unpaired) electrons. The number of rotatable bonds is 2. The van der Waals surface area contributed by atoms with E-state index in [0.29, 0.717) is 12.2 Å². The van der Waals surface area contributed by atoms with Crippen molar-refractivity contribution in [2.75, 3.05) is 13.6 Å². The van der Waals surface area contributed by atoms with Gasteiger partial charge in [-0.2, -0.15) is 0 Å². The van der Waals surface area contributed by atoms with Gasteiger partial charge >= 0.3 is 0 Å². The predicted molar refractivity (Wildman–Crippen MR) is 61.1 cm³/mol. The Bertz CT molecular complexity index is 291. The van der Waals surface area contributed by atoms with Gasteiger partial charge < -0.3 is 5.32 Å². The summed E-state index contributed by atoms with van der Waals surface area (Å²) in [5, 5.41) is 2.70. The van der Waals surface area contributed by atoms with Crippen molar-refractivity contribution in [2.24, 2.45) is 0 Å². The summed E-state index contributed by atoms with van der Waals surface area (Å²) in [5.41, 5.74) is 0. The molecule has 1 saturated heterocycles. The second-order valence-electron chi connectivity index (χ2n) is 4.74. The first-order valence-corrected chi connectivity index (χ1v) is 6.24. The van der Waals surface area contributed by atoms with Crippen molar-refractivity contribution < 1.29 is 9.59 Å². The Hall–Kier alpha value is -0.900. The van der Waals surface area contributed by atoms with Crippen LogP contribution in [0, 0.1) is 0 Å². The molecule has 1 saturated carbocycles. The van der Waals surface area contributed by atoms with Gasteiger partial charge in [-0.3, -0.25) is 14.5 Å². The minimum atomic E-state index is -0.0722. The van der Waals surface area contributed by atoms with Crippen LogP contribution >= 0.6 is 0 Å². The fourth-order valence-electron chi connectivity index (χ4n) is 2.93. The third-order valence-electron chi connectivity index (χ3n) is 3.77. The number of hydrogen-bond acceptors (Lipinski definition) is 3. The van der Waals surface area contributed by atoms with Gasteiger partial charge in [-0.25, -0.2) is 0 Å². The minimum Gasteiger partial charge on any atom is -0.358 e. The summed E-state index contributed by atoms with van der Waals surface area (Å²) < 4.78 is 0. The predicted octanol–water partition coefficient (Wildman–Crippen LogP) is 0.708. The molecule has 2 fully saturated rings. The van der Waals surface area contributed by atoms with Crippen LogP contribution in [0.15, 0.2) is 0 Å². The molecule has 0 bridgehead atoms. The maximum atomic E-state index is 11.9. The molecule has 1 aliphatic carbocycles. The van der Waals surface area contributed by atoms with Gasteiger partial charge in [0.2, 0.25) is 5.91 Å². The molecule has 0 aromatic carbocycles. The lowest BCUT2D eigenvalue weighted by Gasteiger charge is -2.33. The topological polar surface area (TPSA) is 49.4 Å². The van der Waals surface area contributed by atoms with Gasteiger partial charge in [-0.15, -0.1) is 0 Å². The largest absolute Gasteiger partial charge is 0.358 e. The van der Waals surface area contributed by atoms with E-state index in [4.69, 9.17) is 0 Å². The number of carbonyl (C=O) groups is 2. The van der Waals surface area contributed by atoms with Crippen LogP contribution in [0.25, 0.3) is 0 Å². The summed E-state index contributed by atoms with van der Waals surface area (Å²) in [7, 11) is 1.67. The third kappa shape index (κ3) is 2.12. The van der Waals surface area contributed by atoms with Crippen LogP contribution in [0.4, 0.5) is 0 Å². The first-order chi connectivity index (χ1) is 7.74. The normalized spacial score (nSPS) is 31.7. The van der Waals surface area contributed by atoms with E-state index in [0.717, 1.165) is 38.6 Å². The van der Waals surface area contributed by atoms with Gasteiger partial charge in [0.1, 0.15) is 5.78 Å². The number of amides is 1. The Balaban J connectivity index is 2.06. The second kappa shape index (κ2) is 4.95. The maximum Gasteiger partial charge on any atom is 0.237 e. The van der Waals surface area contributed by atoms with E-state index < -0.39 is 0 Å². The van der Waals surface area contributed by atoms with Crippen LogP contribution in [0.3, 0.4) is 0 Å². The quantitative estimate of drug-likeness (QED) is 0.751. The van der Waals surface area contributed by atoms with Crippen LogP contribution in [0.2, 0.25) is 0 Å². The lowest BCUT2D eigenvalue weighted by Crippen LogP contribution is -2.50. The average Bonchev–Trinajstić information content (AvgIpc) is 2.77. The van der Waals surface area contributed by atoms with Crippen molar-refractivity contribution in [3.05, 3.63) is 0 Å². The van der Waals surface area contributed by atoms with Crippen LogP contribution < -0.4 is 5.32 Å². The number of ketones is 1. The van der Waals surface area contributed by atoms with E-state index in [1.54, 1.807) is 7.05 Å². The number of likely N-dealkylation sites (N-methyl/N-ethyl adjacent to an activating group) is 1. The molecule has 0 spiro atoms. The van der Waals surface area contributed by atoms with Crippen LogP contribution in [-0.2, 0) is 9.59 Å². The zero-order chi connectivity index (χ0) is 11.5. The molecule has 2 atom stereocenters. The number of nitrogens with zero attached hydrogens (tertiary/aromatic N) is 1. The molecule has 1 N–H and O–H groups in total. The molecular weight excluding hydrogens is 204 g/mol. The Labute approximate surface area is 96.4 Å². The standard InChI is InChI=1S/C12H20N2O2/c1-13-12(16)10-6-4-8-14(10)9-5-2-3-7-11(9)15/h9-10H,2-8H2,1H3,(H,13,16). The van der Waals surface area contributed by atoms with Gasteiger partial charge in [0.15, 0.2) is 0 Å². The zero-order valence-corrected chi connectivity index (χ0v) is 9.87. The highest BCUT2D eigenvalue weighted by Crippen LogP contribution is 2.27. The highest BCUT2D eigenvalue weighted by Gasteiger charge is 2.38. The van der Waals surface area contributed by atoms with E-state index in [1.165, 1.54) is 0 Å². The number of carbonyl (C=O) groups excluding carboxylic acids is 2. The molecule has 90 valence electrons. The molecule has 2 aliphatic rings. The molecule has 4 nitrogen and oxygen atoms in total. The van der Waals surface area contributed by atoms with Gasteiger partial charge in [0.05, 0.1) is 12.1 Å². The van der Waals surface area contributed by atoms with Crippen molar-refractivity contribution in [2.45, 2.75) is 50.6 Å².